The number of carbonyl (C=O) groups is 1. The Kier molecular flexibility index (Phi) is 5.70. The summed E-state index contributed by atoms with van der Waals surface area (Å²) in [5.41, 5.74) is 4.61. The van der Waals surface area contributed by atoms with Crippen LogP contribution in [-0.2, 0) is 11.3 Å². The van der Waals surface area contributed by atoms with Gasteiger partial charge in [-0.15, -0.1) is 0 Å². The molecule has 0 spiro atoms. The number of benzene rings is 3. The Labute approximate surface area is 196 Å². The quantitative estimate of drug-likeness (QED) is 0.349. The lowest BCUT2D eigenvalue weighted by molar-refractivity contribution is -0.116. The van der Waals surface area contributed by atoms with Crippen molar-refractivity contribution in [3.05, 3.63) is 102 Å². The van der Waals surface area contributed by atoms with Gasteiger partial charge >= 0.3 is 0 Å². The number of phenolic OH excluding ortho intramolecular Hbond substituents is 1. The third kappa shape index (κ3) is 4.21. The fourth-order valence-electron chi connectivity index (χ4n) is 4.05. The van der Waals surface area contributed by atoms with Gasteiger partial charge in [0, 0.05) is 22.5 Å². The molecule has 6 heteroatoms. The van der Waals surface area contributed by atoms with Crippen LogP contribution in [0, 0.1) is 0 Å². The van der Waals surface area contributed by atoms with Crippen molar-refractivity contribution in [2.75, 3.05) is 7.11 Å². The lowest BCUT2D eigenvalue weighted by Crippen LogP contribution is -2.20. The summed E-state index contributed by atoms with van der Waals surface area (Å²) < 4.78 is 7.48. The second kappa shape index (κ2) is 9.11. The minimum Gasteiger partial charge on any atom is -0.508 e. The van der Waals surface area contributed by atoms with Crippen LogP contribution in [0.3, 0.4) is 0 Å². The normalized spacial score (nSPS) is 11.3. The molecule has 2 heterocycles. The molecule has 3 aromatic carbocycles. The number of aromatic hydroxyl groups is 1. The van der Waals surface area contributed by atoms with E-state index >= 15 is 0 Å². The number of para-hydroxylation sites is 1. The van der Waals surface area contributed by atoms with E-state index in [1.807, 2.05) is 54.7 Å². The fourth-order valence-corrected chi connectivity index (χ4v) is 4.05. The Bertz CT molecular complexity index is 1520. The van der Waals surface area contributed by atoms with E-state index in [4.69, 9.17) is 4.74 Å². The largest absolute Gasteiger partial charge is 0.508 e. The molecule has 0 saturated carbocycles. The van der Waals surface area contributed by atoms with Gasteiger partial charge in [-0.3, -0.25) is 9.78 Å². The van der Waals surface area contributed by atoms with Crippen LogP contribution in [-0.4, -0.2) is 27.7 Å². The van der Waals surface area contributed by atoms with Crippen LogP contribution in [0.4, 0.5) is 0 Å². The third-order valence-corrected chi connectivity index (χ3v) is 5.69. The van der Waals surface area contributed by atoms with Gasteiger partial charge in [-0.2, -0.15) is 0 Å². The molecule has 0 saturated heterocycles. The zero-order valence-corrected chi connectivity index (χ0v) is 18.6. The lowest BCUT2D eigenvalue weighted by Gasteiger charge is -2.09. The highest BCUT2D eigenvalue weighted by Crippen LogP contribution is 2.32. The van der Waals surface area contributed by atoms with E-state index in [0.717, 1.165) is 44.5 Å². The Hall–Kier alpha value is -4.58. The minimum atomic E-state index is -0.231. The number of hydrogen-bond donors (Lipinski definition) is 2. The predicted octanol–water partition coefficient (Wildman–Crippen LogP) is 5.22. The second-order valence-corrected chi connectivity index (χ2v) is 7.89. The van der Waals surface area contributed by atoms with Gasteiger partial charge in [-0.1, -0.05) is 30.3 Å². The van der Waals surface area contributed by atoms with E-state index in [0.29, 0.717) is 6.54 Å². The van der Waals surface area contributed by atoms with Crippen molar-refractivity contribution >= 4 is 33.8 Å². The van der Waals surface area contributed by atoms with Gasteiger partial charge in [-0.05, 0) is 60.2 Å². The number of rotatable bonds is 6. The van der Waals surface area contributed by atoms with Crippen molar-refractivity contribution in [3.8, 4) is 17.2 Å². The van der Waals surface area contributed by atoms with Crippen molar-refractivity contribution < 1.29 is 14.6 Å². The Morgan fingerprint density at radius 3 is 2.62 bits per heavy atom. The summed E-state index contributed by atoms with van der Waals surface area (Å²) in [6.45, 7) is 0.307. The predicted molar refractivity (Wildman–Crippen MR) is 134 cm³/mol. The van der Waals surface area contributed by atoms with Crippen LogP contribution >= 0.6 is 0 Å². The highest BCUT2D eigenvalue weighted by molar-refractivity contribution is 6.09. The molecular formula is C28H23N3O3. The highest BCUT2D eigenvalue weighted by atomic mass is 16.5. The van der Waals surface area contributed by atoms with E-state index < -0.39 is 0 Å². The average Bonchev–Trinajstić information content (AvgIpc) is 3.20. The number of aromatic nitrogens is 2. The first-order valence-corrected chi connectivity index (χ1v) is 10.9. The zero-order chi connectivity index (χ0) is 23.5. The van der Waals surface area contributed by atoms with Crippen molar-refractivity contribution in [2.45, 2.75) is 6.54 Å². The minimum absolute atomic E-state index is 0.161. The first kappa shape index (κ1) is 21.3. The second-order valence-electron chi connectivity index (χ2n) is 7.89. The molecule has 0 fully saturated rings. The average molecular weight is 450 g/mol. The van der Waals surface area contributed by atoms with Gasteiger partial charge in [0.25, 0.3) is 0 Å². The topological polar surface area (TPSA) is 76.4 Å². The summed E-state index contributed by atoms with van der Waals surface area (Å²) in [7, 11) is 1.65. The first-order valence-electron chi connectivity index (χ1n) is 10.9. The number of amides is 1. The van der Waals surface area contributed by atoms with Crippen LogP contribution in [0.1, 0.15) is 11.3 Å². The Morgan fingerprint density at radius 2 is 1.82 bits per heavy atom. The molecule has 0 aliphatic rings. The third-order valence-electron chi connectivity index (χ3n) is 5.69. The molecule has 34 heavy (non-hydrogen) atoms. The fraction of sp³-hybridized carbons (Fsp3) is 0.0714. The summed E-state index contributed by atoms with van der Waals surface area (Å²) in [6, 6.07) is 24.9. The molecule has 168 valence electrons. The van der Waals surface area contributed by atoms with Crippen LogP contribution in [0.2, 0.25) is 0 Å². The monoisotopic (exact) mass is 449 g/mol. The summed E-state index contributed by atoms with van der Waals surface area (Å²) in [5, 5.41) is 14.6. The van der Waals surface area contributed by atoms with E-state index in [2.05, 4.69) is 27.0 Å². The number of pyridine rings is 1. The summed E-state index contributed by atoms with van der Waals surface area (Å²) in [4.78, 5) is 16.9. The summed E-state index contributed by atoms with van der Waals surface area (Å²) >= 11 is 0. The molecule has 5 aromatic rings. The van der Waals surface area contributed by atoms with Crippen molar-refractivity contribution in [1.29, 1.82) is 0 Å². The van der Waals surface area contributed by atoms with E-state index in [9.17, 15) is 9.90 Å². The van der Waals surface area contributed by atoms with Gasteiger partial charge in [0.1, 0.15) is 11.5 Å². The van der Waals surface area contributed by atoms with Gasteiger partial charge in [-0.25, -0.2) is 0 Å². The maximum Gasteiger partial charge on any atom is 0.244 e. The summed E-state index contributed by atoms with van der Waals surface area (Å²) in [6.07, 6.45) is 4.96. The molecule has 0 unspecified atom stereocenters. The molecule has 5 rings (SSSR count). The first-order chi connectivity index (χ1) is 16.6. The molecular weight excluding hydrogens is 426 g/mol. The molecule has 2 aromatic heterocycles. The molecule has 0 aliphatic heterocycles. The van der Waals surface area contributed by atoms with E-state index in [-0.39, 0.29) is 11.7 Å². The number of phenols is 1. The number of fused-ring (bicyclic) bond motifs is 3. The smallest absolute Gasteiger partial charge is 0.244 e. The van der Waals surface area contributed by atoms with Crippen LogP contribution in [0.15, 0.2) is 91.1 Å². The van der Waals surface area contributed by atoms with Gasteiger partial charge in [0.2, 0.25) is 5.91 Å². The maximum atomic E-state index is 12.3. The van der Waals surface area contributed by atoms with Crippen LogP contribution < -0.4 is 10.1 Å². The van der Waals surface area contributed by atoms with Crippen LogP contribution in [0.25, 0.3) is 33.6 Å². The summed E-state index contributed by atoms with van der Waals surface area (Å²) in [5.74, 6) is 0.735. The Balaban J connectivity index is 1.42. The van der Waals surface area contributed by atoms with Gasteiger partial charge in [0.15, 0.2) is 0 Å². The Morgan fingerprint density at radius 1 is 1.00 bits per heavy atom. The number of hydrogen-bond acceptors (Lipinski definition) is 4. The van der Waals surface area contributed by atoms with Crippen molar-refractivity contribution in [3.63, 3.8) is 0 Å². The highest BCUT2D eigenvalue weighted by Gasteiger charge is 2.13. The van der Waals surface area contributed by atoms with Crippen molar-refractivity contribution in [2.24, 2.45) is 0 Å². The maximum absolute atomic E-state index is 12.3. The van der Waals surface area contributed by atoms with Crippen LogP contribution in [0.5, 0.6) is 11.5 Å². The zero-order valence-electron chi connectivity index (χ0n) is 18.6. The molecule has 0 atom stereocenters. The SMILES string of the molecule is COc1ccc(-n2c3ccccc3c3cc(CNC(=O)/C=C/c4cccc(O)c4)ncc32)cc1. The molecule has 0 bridgehead atoms. The molecule has 1 amide bonds. The number of ether oxygens (including phenoxy) is 1. The lowest BCUT2D eigenvalue weighted by atomic mass is 10.1. The van der Waals surface area contributed by atoms with E-state index in [1.165, 1.54) is 6.08 Å². The van der Waals surface area contributed by atoms with E-state index in [1.54, 1.807) is 31.4 Å². The molecule has 6 nitrogen and oxygen atoms in total. The number of methoxy groups -OCH3 is 1. The molecule has 2 N–H and O–H groups in total. The molecule has 0 radical (unpaired) electrons. The van der Waals surface area contributed by atoms with Crippen molar-refractivity contribution in [1.82, 2.24) is 14.9 Å². The van der Waals surface area contributed by atoms with Gasteiger partial charge in [0.05, 0.1) is 36.6 Å². The molecule has 0 aliphatic carbocycles. The standard InChI is InChI=1S/C28H23N3O3/c1-34-23-12-10-21(11-13-23)31-26-8-3-2-7-24(26)25-16-20(29-18-27(25)31)17-30-28(33)14-9-19-5-4-6-22(32)15-19/h2-16,18,32H,17H2,1H3,(H,30,33)/b14-9+. The number of nitrogens with one attached hydrogen (secondary N) is 1. The number of carbonyl (C=O) groups excluding carboxylic acids is 1. The van der Waals surface area contributed by atoms with Gasteiger partial charge < -0.3 is 19.7 Å². The number of nitrogens with zero attached hydrogens (tertiary/aromatic N) is 2.